The van der Waals surface area contributed by atoms with Gasteiger partial charge < -0.3 is 10.4 Å². The zero-order valence-corrected chi connectivity index (χ0v) is 12.2. The van der Waals surface area contributed by atoms with Crippen molar-refractivity contribution in [2.24, 2.45) is 11.8 Å². The molecule has 1 atom stereocenters. The van der Waals surface area contributed by atoms with Gasteiger partial charge in [-0.25, -0.2) is 4.79 Å². The quantitative estimate of drug-likeness (QED) is 0.788. The van der Waals surface area contributed by atoms with E-state index >= 15 is 0 Å². The molecule has 0 aliphatic heterocycles. The Hall–Kier alpha value is -1.62. The zero-order valence-electron chi connectivity index (χ0n) is 11.3. The topological polar surface area (TPSA) is 66.4 Å². The van der Waals surface area contributed by atoms with Crippen LogP contribution in [0.2, 0.25) is 0 Å². The highest BCUT2D eigenvalue weighted by atomic mass is 32.1. The standard InChI is InChI=1S/C14H19NO3S/c1-9(2)10(3)8-15-14(18)13-11(6-7-19-13)4-5-12(16)17/h4-7,9-10H,8H2,1-3H3,(H,15,18)(H,16,17). The Bertz CT molecular complexity index is 477. The van der Waals surface area contributed by atoms with Crippen molar-refractivity contribution in [2.45, 2.75) is 20.8 Å². The predicted molar refractivity (Wildman–Crippen MR) is 77.3 cm³/mol. The molecule has 5 heteroatoms. The first kappa shape index (κ1) is 15.4. The van der Waals surface area contributed by atoms with Crippen LogP contribution in [0.15, 0.2) is 17.5 Å². The van der Waals surface area contributed by atoms with Crippen LogP contribution >= 0.6 is 11.3 Å². The normalized spacial score (nSPS) is 12.8. The number of thiophene rings is 1. The van der Waals surface area contributed by atoms with Gasteiger partial charge in [0.2, 0.25) is 0 Å². The molecular weight excluding hydrogens is 262 g/mol. The van der Waals surface area contributed by atoms with Crippen LogP contribution in [0, 0.1) is 11.8 Å². The summed E-state index contributed by atoms with van der Waals surface area (Å²) in [6.07, 6.45) is 2.48. The summed E-state index contributed by atoms with van der Waals surface area (Å²) in [6.45, 7) is 6.94. The van der Waals surface area contributed by atoms with Crippen LogP contribution in [0.5, 0.6) is 0 Å². The number of carboxylic acid groups (broad SMARTS) is 1. The van der Waals surface area contributed by atoms with Gasteiger partial charge in [-0.2, -0.15) is 0 Å². The first-order valence-corrected chi connectivity index (χ1v) is 7.06. The largest absolute Gasteiger partial charge is 0.478 e. The van der Waals surface area contributed by atoms with Crippen LogP contribution in [0.25, 0.3) is 6.08 Å². The molecule has 1 rings (SSSR count). The number of carboxylic acids is 1. The van der Waals surface area contributed by atoms with Crippen LogP contribution in [0.1, 0.15) is 36.0 Å². The van der Waals surface area contributed by atoms with Crippen molar-refractivity contribution in [3.63, 3.8) is 0 Å². The minimum absolute atomic E-state index is 0.146. The van der Waals surface area contributed by atoms with Crippen molar-refractivity contribution in [1.29, 1.82) is 0 Å². The maximum absolute atomic E-state index is 12.0. The molecule has 1 aromatic heterocycles. The number of amides is 1. The average Bonchev–Trinajstić information content (AvgIpc) is 2.81. The van der Waals surface area contributed by atoms with Crippen molar-refractivity contribution in [3.8, 4) is 0 Å². The lowest BCUT2D eigenvalue weighted by atomic mass is 9.98. The summed E-state index contributed by atoms with van der Waals surface area (Å²) in [5.41, 5.74) is 0.641. The molecule has 1 unspecified atom stereocenters. The summed E-state index contributed by atoms with van der Waals surface area (Å²) in [5.74, 6) is -0.254. The van der Waals surface area contributed by atoms with E-state index in [9.17, 15) is 9.59 Å². The molecule has 19 heavy (non-hydrogen) atoms. The number of aliphatic carboxylic acids is 1. The van der Waals surface area contributed by atoms with Gasteiger partial charge in [0.05, 0.1) is 4.88 Å². The molecule has 0 saturated heterocycles. The number of hydrogen-bond acceptors (Lipinski definition) is 3. The van der Waals surface area contributed by atoms with Crippen LogP contribution < -0.4 is 5.32 Å². The van der Waals surface area contributed by atoms with E-state index in [0.717, 1.165) is 6.08 Å². The molecular formula is C14H19NO3S. The third-order valence-corrected chi connectivity index (χ3v) is 3.96. The monoisotopic (exact) mass is 281 g/mol. The second-order valence-corrected chi connectivity index (χ2v) is 5.72. The Labute approximate surface area is 117 Å². The maximum Gasteiger partial charge on any atom is 0.328 e. The fraction of sp³-hybridized carbons (Fsp3) is 0.429. The number of carbonyl (C=O) groups excluding carboxylic acids is 1. The highest BCUT2D eigenvalue weighted by Gasteiger charge is 2.14. The molecule has 0 fully saturated rings. The number of hydrogen-bond donors (Lipinski definition) is 2. The van der Waals surface area contributed by atoms with Gasteiger partial charge in [-0.05, 0) is 34.9 Å². The molecule has 0 spiro atoms. The van der Waals surface area contributed by atoms with Gasteiger partial charge in [-0.3, -0.25) is 4.79 Å². The van der Waals surface area contributed by atoms with Gasteiger partial charge in [-0.1, -0.05) is 20.8 Å². The van der Waals surface area contributed by atoms with Gasteiger partial charge in [0, 0.05) is 12.6 Å². The van der Waals surface area contributed by atoms with Crippen molar-refractivity contribution < 1.29 is 14.7 Å². The van der Waals surface area contributed by atoms with Gasteiger partial charge in [0.15, 0.2) is 0 Å². The molecule has 1 aromatic rings. The van der Waals surface area contributed by atoms with E-state index in [4.69, 9.17) is 5.11 Å². The second kappa shape index (κ2) is 7.09. The lowest BCUT2D eigenvalue weighted by Gasteiger charge is -2.15. The summed E-state index contributed by atoms with van der Waals surface area (Å²) in [5, 5.41) is 13.3. The fourth-order valence-corrected chi connectivity index (χ4v) is 2.17. The molecule has 0 bridgehead atoms. The van der Waals surface area contributed by atoms with E-state index in [2.05, 4.69) is 26.1 Å². The van der Waals surface area contributed by atoms with Gasteiger partial charge in [-0.15, -0.1) is 11.3 Å². The van der Waals surface area contributed by atoms with Crippen molar-refractivity contribution in [1.82, 2.24) is 5.32 Å². The molecule has 0 aromatic carbocycles. The maximum atomic E-state index is 12.0. The summed E-state index contributed by atoms with van der Waals surface area (Å²) >= 11 is 1.31. The molecule has 1 amide bonds. The summed E-state index contributed by atoms with van der Waals surface area (Å²) in [4.78, 5) is 23.0. The minimum atomic E-state index is -1.02. The van der Waals surface area contributed by atoms with E-state index in [0.29, 0.717) is 28.8 Å². The van der Waals surface area contributed by atoms with Gasteiger partial charge in [0.1, 0.15) is 0 Å². The van der Waals surface area contributed by atoms with Crippen LogP contribution in [-0.4, -0.2) is 23.5 Å². The average molecular weight is 281 g/mol. The molecule has 0 aliphatic carbocycles. The van der Waals surface area contributed by atoms with E-state index < -0.39 is 5.97 Å². The highest BCUT2D eigenvalue weighted by Crippen LogP contribution is 2.18. The van der Waals surface area contributed by atoms with Crippen LogP contribution in [-0.2, 0) is 4.79 Å². The van der Waals surface area contributed by atoms with Crippen molar-refractivity contribution >= 4 is 29.3 Å². The highest BCUT2D eigenvalue weighted by molar-refractivity contribution is 7.12. The molecule has 2 N–H and O–H groups in total. The second-order valence-electron chi connectivity index (χ2n) is 4.81. The summed E-state index contributed by atoms with van der Waals surface area (Å²) in [7, 11) is 0. The minimum Gasteiger partial charge on any atom is -0.478 e. The molecule has 104 valence electrons. The number of carbonyl (C=O) groups is 2. The number of rotatable bonds is 6. The summed E-state index contributed by atoms with van der Waals surface area (Å²) < 4.78 is 0. The van der Waals surface area contributed by atoms with Gasteiger partial charge >= 0.3 is 5.97 Å². The number of nitrogens with one attached hydrogen (secondary N) is 1. The Kier molecular flexibility index (Phi) is 5.76. The third kappa shape index (κ3) is 4.87. The van der Waals surface area contributed by atoms with Crippen LogP contribution in [0.4, 0.5) is 0 Å². The van der Waals surface area contributed by atoms with E-state index in [1.54, 1.807) is 11.4 Å². The first-order chi connectivity index (χ1) is 8.91. The molecule has 1 heterocycles. The Morgan fingerprint density at radius 3 is 2.68 bits per heavy atom. The first-order valence-electron chi connectivity index (χ1n) is 6.18. The Morgan fingerprint density at radius 2 is 2.11 bits per heavy atom. The molecule has 4 nitrogen and oxygen atoms in total. The van der Waals surface area contributed by atoms with Crippen molar-refractivity contribution in [2.75, 3.05) is 6.54 Å². The van der Waals surface area contributed by atoms with Crippen molar-refractivity contribution in [3.05, 3.63) is 28.0 Å². The Balaban J connectivity index is 2.68. The fourth-order valence-electron chi connectivity index (χ4n) is 1.37. The SMILES string of the molecule is CC(C)C(C)CNC(=O)c1sccc1C=CC(=O)O. The predicted octanol–water partition coefficient (Wildman–Crippen LogP) is 2.87. The lowest BCUT2D eigenvalue weighted by Crippen LogP contribution is -2.29. The molecule has 0 saturated carbocycles. The van der Waals surface area contributed by atoms with E-state index in [-0.39, 0.29) is 5.91 Å². The molecule has 0 radical (unpaired) electrons. The third-order valence-electron chi connectivity index (χ3n) is 3.03. The Morgan fingerprint density at radius 1 is 1.42 bits per heavy atom. The van der Waals surface area contributed by atoms with E-state index in [1.807, 2.05) is 0 Å². The lowest BCUT2D eigenvalue weighted by molar-refractivity contribution is -0.131. The zero-order chi connectivity index (χ0) is 14.4. The molecule has 0 aliphatic rings. The van der Waals surface area contributed by atoms with E-state index in [1.165, 1.54) is 17.4 Å². The van der Waals surface area contributed by atoms with Crippen LogP contribution in [0.3, 0.4) is 0 Å². The summed E-state index contributed by atoms with van der Waals surface area (Å²) in [6, 6.07) is 1.74. The smallest absolute Gasteiger partial charge is 0.328 e. The van der Waals surface area contributed by atoms with Gasteiger partial charge in [0.25, 0.3) is 5.91 Å².